The number of carbonyl (C=O) groups excluding carboxylic acids is 1. The van der Waals surface area contributed by atoms with Crippen LogP contribution in [0.5, 0.6) is 5.88 Å². The van der Waals surface area contributed by atoms with E-state index in [1.54, 1.807) is 39.5 Å². The Morgan fingerprint density at radius 2 is 2.10 bits per heavy atom. The van der Waals surface area contributed by atoms with E-state index in [4.69, 9.17) is 14.2 Å². The number of carbonyl (C=O) groups is 1. The van der Waals surface area contributed by atoms with Gasteiger partial charge in [0.2, 0.25) is 5.88 Å². The molecule has 0 aliphatic rings. The van der Waals surface area contributed by atoms with Crippen LogP contribution in [0.2, 0.25) is 0 Å². The average molecular weight is 296 g/mol. The Balaban J connectivity index is 2.60. The first-order valence-corrected chi connectivity index (χ1v) is 7.00. The zero-order valence-corrected chi connectivity index (χ0v) is 13.1. The molecule has 1 aromatic rings. The smallest absolute Gasteiger partial charge is 0.256 e. The van der Waals surface area contributed by atoms with Crippen LogP contribution in [0.4, 0.5) is 5.69 Å². The molecule has 1 N–H and O–H groups in total. The van der Waals surface area contributed by atoms with E-state index < -0.39 is 5.60 Å². The fourth-order valence-electron chi connectivity index (χ4n) is 1.82. The molecule has 1 aromatic heterocycles. The molecule has 6 nitrogen and oxygen atoms in total. The van der Waals surface area contributed by atoms with Crippen molar-refractivity contribution in [1.29, 1.82) is 0 Å². The Hall–Kier alpha value is -1.66. The molecule has 0 saturated carbocycles. The number of nitrogens with zero attached hydrogens (tertiary/aromatic N) is 1. The van der Waals surface area contributed by atoms with Gasteiger partial charge in [-0.3, -0.25) is 4.79 Å². The van der Waals surface area contributed by atoms with Crippen molar-refractivity contribution in [3.8, 4) is 5.88 Å². The molecule has 6 heteroatoms. The zero-order chi connectivity index (χ0) is 15.7. The monoisotopic (exact) mass is 296 g/mol. The minimum absolute atomic E-state index is 0.179. The lowest BCUT2D eigenvalue weighted by molar-refractivity contribution is -0.136. The highest BCUT2D eigenvalue weighted by Crippen LogP contribution is 2.20. The highest BCUT2D eigenvalue weighted by molar-refractivity contribution is 5.96. The maximum atomic E-state index is 12.2. The van der Waals surface area contributed by atoms with Gasteiger partial charge in [0, 0.05) is 20.3 Å². The van der Waals surface area contributed by atoms with E-state index >= 15 is 0 Å². The number of hydrogen-bond acceptors (Lipinski definition) is 5. The van der Waals surface area contributed by atoms with Gasteiger partial charge in [0.25, 0.3) is 5.91 Å². The Morgan fingerprint density at radius 3 is 2.62 bits per heavy atom. The molecule has 21 heavy (non-hydrogen) atoms. The number of anilines is 1. The minimum Gasteiger partial charge on any atom is -0.475 e. The van der Waals surface area contributed by atoms with E-state index in [1.807, 2.05) is 6.92 Å². The van der Waals surface area contributed by atoms with Crippen molar-refractivity contribution in [2.75, 3.05) is 32.8 Å². The van der Waals surface area contributed by atoms with Crippen molar-refractivity contribution in [2.45, 2.75) is 32.3 Å². The first kappa shape index (κ1) is 17.4. The SMILES string of the molecule is CCC[C@](C)(OC)C(=O)Nc1ccc(OCCOC)nc1. The molecule has 0 saturated heterocycles. The lowest BCUT2D eigenvalue weighted by Gasteiger charge is -2.26. The van der Waals surface area contributed by atoms with Crippen LogP contribution in [-0.2, 0) is 14.3 Å². The molecule has 0 fully saturated rings. The maximum absolute atomic E-state index is 12.2. The van der Waals surface area contributed by atoms with Gasteiger partial charge in [-0.2, -0.15) is 0 Å². The van der Waals surface area contributed by atoms with Gasteiger partial charge >= 0.3 is 0 Å². The highest BCUT2D eigenvalue weighted by Gasteiger charge is 2.32. The number of hydrogen-bond donors (Lipinski definition) is 1. The molecule has 118 valence electrons. The number of rotatable bonds is 9. The van der Waals surface area contributed by atoms with Crippen molar-refractivity contribution in [3.63, 3.8) is 0 Å². The maximum Gasteiger partial charge on any atom is 0.256 e. The number of nitrogens with one attached hydrogen (secondary N) is 1. The Morgan fingerprint density at radius 1 is 1.33 bits per heavy atom. The van der Waals surface area contributed by atoms with E-state index in [9.17, 15) is 4.79 Å². The summed E-state index contributed by atoms with van der Waals surface area (Å²) >= 11 is 0. The first-order chi connectivity index (χ1) is 10.1. The molecule has 0 unspecified atom stereocenters. The topological polar surface area (TPSA) is 69.7 Å². The van der Waals surface area contributed by atoms with Gasteiger partial charge in [-0.1, -0.05) is 13.3 Å². The first-order valence-electron chi connectivity index (χ1n) is 7.00. The van der Waals surface area contributed by atoms with Gasteiger partial charge in [-0.05, 0) is 19.4 Å². The molecule has 0 aromatic carbocycles. The fourth-order valence-corrected chi connectivity index (χ4v) is 1.82. The number of pyridine rings is 1. The highest BCUT2D eigenvalue weighted by atomic mass is 16.5. The summed E-state index contributed by atoms with van der Waals surface area (Å²) in [5.74, 6) is 0.315. The average Bonchev–Trinajstić information content (AvgIpc) is 2.49. The third-order valence-electron chi connectivity index (χ3n) is 3.19. The van der Waals surface area contributed by atoms with E-state index in [2.05, 4.69) is 10.3 Å². The third kappa shape index (κ3) is 5.32. The molecule has 1 rings (SSSR count). The summed E-state index contributed by atoms with van der Waals surface area (Å²) in [5.41, 5.74) is -0.221. The molecule has 1 atom stereocenters. The van der Waals surface area contributed by atoms with Crippen molar-refractivity contribution >= 4 is 11.6 Å². The summed E-state index contributed by atoms with van der Waals surface area (Å²) in [5, 5.41) is 2.81. The van der Waals surface area contributed by atoms with Gasteiger partial charge in [-0.25, -0.2) is 4.98 Å². The third-order valence-corrected chi connectivity index (χ3v) is 3.19. The summed E-state index contributed by atoms with van der Waals surface area (Å²) in [6.07, 6.45) is 3.07. The van der Waals surface area contributed by atoms with Crippen molar-refractivity contribution in [1.82, 2.24) is 4.98 Å². The van der Waals surface area contributed by atoms with Crippen LogP contribution >= 0.6 is 0 Å². The van der Waals surface area contributed by atoms with Crippen molar-refractivity contribution in [3.05, 3.63) is 18.3 Å². The second-order valence-corrected chi connectivity index (χ2v) is 4.87. The Kier molecular flexibility index (Phi) is 7.11. The van der Waals surface area contributed by atoms with Gasteiger partial charge in [-0.15, -0.1) is 0 Å². The second-order valence-electron chi connectivity index (χ2n) is 4.87. The molecule has 0 radical (unpaired) electrons. The predicted octanol–water partition coefficient (Wildman–Crippen LogP) is 2.25. The molecular formula is C15H24N2O4. The number of methoxy groups -OCH3 is 2. The van der Waals surface area contributed by atoms with Gasteiger partial charge in [0.1, 0.15) is 12.2 Å². The van der Waals surface area contributed by atoms with E-state index in [0.29, 0.717) is 31.2 Å². The van der Waals surface area contributed by atoms with Crippen LogP contribution in [0.15, 0.2) is 18.3 Å². The number of ether oxygens (including phenoxy) is 3. The van der Waals surface area contributed by atoms with Gasteiger partial charge < -0.3 is 19.5 Å². The van der Waals surface area contributed by atoms with E-state index in [1.165, 1.54) is 0 Å². The largest absolute Gasteiger partial charge is 0.475 e. The lowest BCUT2D eigenvalue weighted by Crippen LogP contribution is -2.41. The molecular weight excluding hydrogens is 272 g/mol. The Labute approximate surface area is 125 Å². The van der Waals surface area contributed by atoms with Crippen LogP contribution in [0.25, 0.3) is 0 Å². The molecule has 0 bridgehead atoms. The summed E-state index contributed by atoms with van der Waals surface area (Å²) in [4.78, 5) is 16.4. The minimum atomic E-state index is -0.831. The fraction of sp³-hybridized carbons (Fsp3) is 0.600. The van der Waals surface area contributed by atoms with Gasteiger partial charge in [0.05, 0.1) is 18.5 Å². The van der Waals surface area contributed by atoms with Crippen molar-refractivity contribution in [2.24, 2.45) is 0 Å². The molecule has 1 amide bonds. The summed E-state index contributed by atoms with van der Waals surface area (Å²) in [6, 6.07) is 3.45. The summed E-state index contributed by atoms with van der Waals surface area (Å²) in [7, 11) is 3.15. The summed E-state index contributed by atoms with van der Waals surface area (Å²) in [6.45, 7) is 4.73. The van der Waals surface area contributed by atoms with E-state index in [0.717, 1.165) is 6.42 Å². The quantitative estimate of drug-likeness (QED) is 0.708. The number of amides is 1. The normalized spacial score (nSPS) is 13.5. The van der Waals surface area contributed by atoms with Crippen molar-refractivity contribution < 1.29 is 19.0 Å². The van der Waals surface area contributed by atoms with Gasteiger partial charge in [0.15, 0.2) is 0 Å². The van der Waals surface area contributed by atoms with Crippen LogP contribution in [-0.4, -0.2) is 43.9 Å². The molecule has 1 heterocycles. The molecule has 0 aliphatic carbocycles. The van der Waals surface area contributed by atoms with E-state index in [-0.39, 0.29) is 5.91 Å². The molecule has 0 aliphatic heterocycles. The second kappa shape index (κ2) is 8.59. The summed E-state index contributed by atoms with van der Waals surface area (Å²) < 4.78 is 15.6. The lowest BCUT2D eigenvalue weighted by atomic mass is 9.99. The zero-order valence-electron chi connectivity index (χ0n) is 13.1. The Bertz CT molecular complexity index is 436. The molecule has 0 spiro atoms. The van der Waals surface area contributed by atoms with Crippen LogP contribution in [0.1, 0.15) is 26.7 Å². The van der Waals surface area contributed by atoms with Crippen LogP contribution in [0.3, 0.4) is 0 Å². The predicted molar refractivity (Wildman–Crippen MR) is 80.6 cm³/mol. The standard InChI is InChI=1S/C15H24N2O4/c1-5-8-15(2,20-4)14(18)17-12-6-7-13(16-11-12)21-10-9-19-3/h6-7,11H,5,8-10H2,1-4H3,(H,17,18)/t15-/m0/s1. The van der Waals surface area contributed by atoms with Crippen LogP contribution < -0.4 is 10.1 Å². The van der Waals surface area contributed by atoms with Crippen LogP contribution in [0, 0.1) is 0 Å². The number of aromatic nitrogens is 1.